The summed E-state index contributed by atoms with van der Waals surface area (Å²) in [5, 5.41) is 0. The molecule has 0 aliphatic carbocycles. The zero-order valence-electron chi connectivity index (χ0n) is 11.1. The molecule has 3 heteroatoms. The Kier molecular flexibility index (Phi) is 4.76. The molecular formula is C15H22N2O. The molecule has 0 spiro atoms. The fraction of sp³-hybridized carbons (Fsp3) is 0.533. The van der Waals surface area contributed by atoms with E-state index in [1.807, 2.05) is 7.05 Å². The molecule has 2 rings (SSSR count). The third-order valence-electron chi connectivity index (χ3n) is 3.68. The largest absolute Gasteiger partial charge is 0.348 e. The van der Waals surface area contributed by atoms with Gasteiger partial charge in [-0.1, -0.05) is 30.3 Å². The van der Waals surface area contributed by atoms with Crippen molar-refractivity contribution in [2.24, 2.45) is 5.92 Å². The minimum Gasteiger partial charge on any atom is -0.348 e. The standard InChI is InChI=1S/C15H22N2O/c1-16(13-18)11-15-7-9-17(10-8-15)12-14-5-3-2-4-6-14/h2-6,13,15H,7-12H2,1H3. The van der Waals surface area contributed by atoms with Crippen LogP contribution in [-0.2, 0) is 11.3 Å². The van der Waals surface area contributed by atoms with E-state index in [-0.39, 0.29) is 0 Å². The van der Waals surface area contributed by atoms with E-state index in [2.05, 4.69) is 35.2 Å². The maximum Gasteiger partial charge on any atom is 0.209 e. The van der Waals surface area contributed by atoms with Gasteiger partial charge in [0, 0.05) is 20.1 Å². The van der Waals surface area contributed by atoms with Crippen molar-refractivity contribution in [3.8, 4) is 0 Å². The second-order valence-electron chi connectivity index (χ2n) is 5.25. The molecule has 0 unspecified atom stereocenters. The normalized spacial score (nSPS) is 17.6. The monoisotopic (exact) mass is 246 g/mol. The first-order chi connectivity index (χ1) is 8.78. The van der Waals surface area contributed by atoms with Crippen LogP contribution in [0.3, 0.4) is 0 Å². The van der Waals surface area contributed by atoms with Crippen LogP contribution in [0.4, 0.5) is 0 Å². The fourth-order valence-electron chi connectivity index (χ4n) is 2.62. The number of nitrogens with zero attached hydrogens (tertiary/aromatic N) is 2. The Morgan fingerprint density at radius 2 is 1.94 bits per heavy atom. The predicted octanol–water partition coefficient (Wildman–Crippen LogP) is 1.99. The summed E-state index contributed by atoms with van der Waals surface area (Å²) < 4.78 is 0. The van der Waals surface area contributed by atoms with Crippen LogP contribution in [0.15, 0.2) is 30.3 Å². The first-order valence-electron chi connectivity index (χ1n) is 6.70. The van der Waals surface area contributed by atoms with Crippen molar-refractivity contribution >= 4 is 6.41 Å². The highest BCUT2D eigenvalue weighted by Crippen LogP contribution is 2.19. The van der Waals surface area contributed by atoms with E-state index in [9.17, 15) is 4.79 Å². The lowest BCUT2D eigenvalue weighted by molar-refractivity contribution is -0.117. The zero-order chi connectivity index (χ0) is 12.8. The minimum absolute atomic E-state index is 0.673. The number of amides is 1. The number of piperidine rings is 1. The Morgan fingerprint density at radius 1 is 1.28 bits per heavy atom. The van der Waals surface area contributed by atoms with Crippen LogP contribution in [0.2, 0.25) is 0 Å². The first kappa shape index (κ1) is 13.1. The quantitative estimate of drug-likeness (QED) is 0.742. The SMILES string of the molecule is CN(C=O)CC1CCN(Cc2ccccc2)CC1. The molecule has 18 heavy (non-hydrogen) atoms. The van der Waals surface area contributed by atoms with Gasteiger partial charge in [-0.05, 0) is 37.4 Å². The van der Waals surface area contributed by atoms with E-state index in [4.69, 9.17) is 0 Å². The third-order valence-corrected chi connectivity index (χ3v) is 3.68. The van der Waals surface area contributed by atoms with Crippen molar-refractivity contribution in [2.75, 3.05) is 26.7 Å². The molecule has 1 heterocycles. The van der Waals surface area contributed by atoms with Gasteiger partial charge in [0.15, 0.2) is 0 Å². The van der Waals surface area contributed by atoms with Crippen LogP contribution < -0.4 is 0 Å². The highest BCUT2D eigenvalue weighted by Gasteiger charge is 2.19. The molecule has 0 saturated carbocycles. The van der Waals surface area contributed by atoms with Crippen LogP contribution in [-0.4, -0.2) is 42.9 Å². The van der Waals surface area contributed by atoms with Crippen molar-refractivity contribution in [2.45, 2.75) is 19.4 Å². The molecule has 1 aromatic carbocycles. The number of hydrogen-bond acceptors (Lipinski definition) is 2. The second kappa shape index (κ2) is 6.55. The molecule has 1 saturated heterocycles. The average Bonchev–Trinajstić information content (AvgIpc) is 2.42. The van der Waals surface area contributed by atoms with Crippen molar-refractivity contribution in [3.05, 3.63) is 35.9 Å². The van der Waals surface area contributed by atoms with E-state index < -0.39 is 0 Å². The summed E-state index contributed by atoms with van der Waals surface area (Å²) in [6, 6.07) is 10.6. The van der Waals surface area contributed by atoms with Gasteiger partial charge in [0.25, 0.3) is 0 Å². The Labute approximate surface area is 109 Å². The lowest BCUT2D eigenvalue weighted by Crippen LogP contribution is -2.37. The molecular weight excluding hydrogens is 224 g/mol. The third kappa shape index (κ3) is 3.84. The van der Waals surface area contributed by atoms with Gasteiger partial charge < -0.3 is 4.90 Å². The molecule has 1 amide bonds. The van der Waals surface area contributed by atoms with Crippen molar-refractivity contribution in [1.29, 1.82) is 0 Å². The summed E-state index contributed by atoms with van der Waals surface area (Å²) in [5.74, 6) is 0.673. The van der Waals surface area contributed by atoms with E-state index in [0.29, 0.717) is 5.92 Å². The lowest BCUT2D eigenvalue weighted by Gasteiger charge is -2.33. The summed E-state index contributed by atoms with van der Waals surface area (Å²) in [4.78, 5) is 14.9. The smallest absolute Gasteiger partial charge is 0.209 e. The molecule has 0 aromatic heterocycles. The van der Waals surface area contributed by atoms with Gasteiger partial charge in [-0.15, -0.1) is 0 Å². The maximum absolute atomic E-state index is 10.6. The topological polar surface area (TPSA) is 23.6 Å². The van der Waals surface area contributed by atoms with Crippen molar-refractivity contribution in [3.63, 3.8) is 0 Å². The van der Waals surface area contributed by atoms with Crippen LogP contribution in [0.5, 0.6) is 0 Å². The van der Waals surface area contributed by atoms with Crippen molar-refractivity contribution < 1.29 is 4.79 Å². The summed E-state index contributed by atoms with van der Waals surface area (Å²) >= 11 is 0. The Morgan fingerprint density at radius 3 is 2.56 bits per heavy atom. The van der Waals surface area contributed by atoms with Crippen LogP contribution in [0.1, 0.15) is 18.4 Å². The minimum atomic E-state index is 0.673. The van der Waals surface area contributed by atoms with E-state index in [0.717, 1.165) is 32.6 Å². The molecule has 98 valence electrons. The molecule has 0 bridgehead atoms. The number of hydrogen-bond donors (Lipinski definition) is 0. The average molecular weight is 246 g/mol. The summed E-state index contributed by atoms with van der Waals surface area (Å²) in [6.07, 6.45) is 3.33. The van der Waals surface area contributed by atoms with Crippen LogP contribution >= 0.6 is 0 Å². The number of rotatable bonds is 5. The molecule has 1 fully saturated rings. The number of carbonyl (C=O) groups excluding carboxylic acids is 1. The molecule has 0 N–H and O–H groups in total. The van der Waals surface area contributed by atoms with Crippen molar-refractivity contribution in [1.82, 2.24) is 9.80 Å². The summed E-state index contributed by atoms with van der Waals surface area (Å²) in [7, 11) is 1.86. The first-order valence-corrected chi connectivity index (χ1v) is 6.70. The summed E-state index contributed by atoms with van der Waals surface area (Å²) in [6.45, 7) is 4.25. The zero-order valence-corrected chi connectivity index (χ0v) is 11.1. The number of benzene rings is 1. The molecule has 1 aromatic rings. The Balaban J connectivity index is 1.75. The van der Waals surface area contributed by atoms with Gasteiger partial charge in [0.2, 0.25) is 6.41 Å². The summed E-state index contributed by atoms with van der Waals surface area (Å²) in [5.41, 5.74) is 1.39. The van der Waals surface area contributed by atoms with Gasteiger partial charge in [-0.25, -0.2) is 0 Å². The number of likely N-dealkylation sites (tertiary alicyclic amines) is 1. The molecule has 1 aliphatic heterocycles. The maximum atomic E-state index is 10.6. The number of carbonyl (C=O) groups is 1. The lowest BCUT2D eigenvalue weighted by atomic mass is 9.96. The van der Waals surface area contributed by atoms with E-state index >= 15 is 0 Å². The Bertz CT molecular complexity index is 358. The van der Waals surface area contributed by atoms with Gasteiger partial charge in [0.1, 0.15) is 0 Å². The molecule has 0 radical (unpaired) electrons. The molecule has 0 atom stereocenters. The van der Waals surface area contributed by atoms with Gasteiger partial charge >= 0.3 is 0 Å². The van der Waals surface area contributed by atoms with Gasteiger partial charge in [-0.3, -0.25) is 9.69 Å². The van der Waals surface area contributed by atoms with Gasteiger partial charge in [-0.2, -0.15) is 0 Å². The highest BCUT2D eigenvalue weighted by atomic mass is 16.1. The molecule has 3 nitrogen and oxygen atoms in total. The highest BCUT2D eigenvalue weighted by molar-refractivity contribution is 5.46. The molecule has 1 aliphatic rings. The van der Waals surface area contributed by atoms with E-state index in [1.165, 1.54) is 18.4 Å². The van der Waals surface area contributed by atoms with Crippen LogP contribution in [0.25, 0.3) is 0 Å². The Hall–Kier alpha value is -1.35. The second-order valence-corrected chi connectivity index (χ2v) is 5.25. The van der Waals surface area contributed by atoms with Crippen LogP contribution in [0, 0.1) is 5.92 Å². The van der Waals surface area contributed by atoms with Gasteiger partial charge in [0.05, 0.1) is 0 Å². The van der Waals surface area contributed by atoms with E-state index in [1.54, 1.807) is 4.90 Å². The fourth-order valence-corrected chi connectivity index (χ4v) is 2.62. The predicted molar refractivity (Wildman–Crippen MR) is 73.1 cm³/mol.